The summed E-state index contributed by atoms with van der Waals surface area (Å²) in [6, 6.07) is 0. The Bertz CT molecular complexity index is 375. The number of morpholine rings is 1. The van der Waals surface area contributed by atoms with E-state index < -0.39 is 0 Å². The standard InChI is InChI=1S/C11H18BrN3O2/c1-8-11(12)10(15(2)14-8)7-16-6-9-5-13-3-4-17-9/h9,13H,3-7H2,1-2H3. The summed E-state index contributed by atoms with van der Waals surface area (Å²) < 4.78 is 14.1. The van der Waals surface area contributed by atoms with Crippen molar-refractivity contribution in [2.45, 2.75) is 19.6 Å². The summed E-state index contributed by atoms with van der Waals surface area (Å²) >= 11 is 3.52. The molecule has 1 fully saturated rings. The van der Waals surface area contributed by atoms with Gasteiger partial charge < -0.3 is 14.8 Å². The first kappa shape index (κ1) is 13.0. The van der Waals surface area contributed by atoms with E-state index in [9.17, 15) is 0 Å². The lowest BCUT2D eigenvalue weighted by Crippen LogP contribution is -2.41. The Morgan fingerprint density at radius 3 is 3.06 bits per heavy atom. The molecule has 5 nitrogen and oxygen atoms in total. The van der Waals surface area contributed by atoms with Crippen LogP contribution in [0.1, 0.15) is 11.4 Å². The number of hydrogen-bond donors (Lipinski definition) is 1. The van der Waals surface area contributed by atoms with E-state index in [1.807, 2.05) is 18.7 Å². The van der Waals surface area contributed by atoms with Gasteiger partial charge in [0.1, 0.15) is 0 Å². The van der Waals surface area contributed by atoms with Gasteiger partial charge in [0, 0.05) is 20.1 Å². The SMILES string of the molecule is Cc1nn(C)c(COCC2CNCCO2)c1Br. The topological polar surface area (TPSA) is 48.3 Å². The Balaban J connectivity index is 1.81. The molecule has 0 amide bonds. The van der Waals surface area contributed by atoms with Gasteiger partial charge in [-0.3, -0.25) is 4.68 Å². The van der Waals surface area contributed by atoms with Crippen LogP contribution in [-0.2, 0) is 23.1 Å². The number of ether oxygens (including phenoxy) is 2. The van der Waals surface area contributed by atoms with Gasteiger partial charge in [-0.05, 0) is 22.9 Å². The minimum atomic E-state index is 0.164. The molecule has 0 spiro atoms. The number of nitrogens with zero attached hydrogens (tertiary/aromatic N) is 2. The first-order valence-corrected chi connectivity index (χ1v) is 6.56. The molecule has 1 saturated heterocycles. The summed E-state index contributed by atoms with van der Waals surface area (Å²) in [5, 5.41) is 7.60. The average molecular weight is 304 g/mol. The Hall–Kier alpha value is -0.430. The summed E-state index contributed by atoms with van der Waals surface area (Å²) in [5.41, 5.74) is 2.05. The first-order valence-electron chi connectivity index (χ1n) is 5.76. The summed E-state index contributed by atoms with van der Waals surface area (Å²) in [4.78, 5) is 0. The lowest BCUT2D eigenvalue weighted by molar-refractivity contribution is -0.0368. The minimum absolute atomic E-state index is 0.164. The van der Waals surface area contributed by atoms with E-state index in [4.69, 9.17) is 9.47 Å². The fourth-order valence-electron chi connectivity index (χ4n) is 1.85. The number of rotatable bonds is 4. The second kappa shape index (κ2) is 5.95. The summed E-state index contributed by atoms with van der Waals surface area (Å²) in [5.74, 6) is 0. The van der Waals surface area contributed by atoms with E-state index in [1.165, 1.54) is 0 Å². The number of nitrogens with one attached hydrogen (secondary N) is 1. The smallest absolute Gasteiger partial charge is 0.0933 e. The predicted octanol–water partition coefficient (Wildman–Crippen LogP) is 0.996. The highest BCUT2D eigenvalue weighted by atomic mass is 79.9. The second-order valence-corrected chi connectivity index (χ2v) is 4.97. The molecular weight excluding hydrogens is 286 g/mol. The molecule has 0 bridgehead atoms. The lowest BCUT2D eigenvalue weighted by Gasteiger charge is -2.23. The van der Waals surface area contributed by atoms with Gasteiger partial charge in [-0.15, -0.1) is 0 Å². The molecule has 1 aliphatic rings. The molecule has 1 unspecified atom stereocenters. The van der Waals surface area contributed by atoms with Crippen molar-refractivity contribution in [1.29, 1.82) is 0 Å². The van der Waals surface area contributed by atoms with Gasteiger partial charge in [-0.2, -0.15) is 5.10 Å². The molecule has 1 aromatic rings. The third kappa shape index (κ3) is 3.28. The highest BCUT2D eigenvalue weighted by Crippen LogP contribution is 2.20. The van der Waals surface area contributed by atoms with Crippen LogP contribution in [0.4, 0.5) is 0 Å². The third-order valence-electron chi connectivity index (χ3n) is 2.81. The van der Waals surface area contributed by atoms with Crippen LogP contribution in [0.3, 0.4) is 0 Å². The molecule has 1 atom stereocenters. The second-order valence-electron chi connectivity index (χ2n) is 4.18. The van der Waals surface area contributed by atoms with Crippen molar-refractivity contribution in [1.82, 2.24) is 15.1 Å². The lowest BCUT2D eigenvalue weighted by atomic mass is 10.3. The third-order valence-corrected chi connectivity index (χ3v) is 3.84. The first-order chi connectivity index (χ1) is 8.18. The molecule has 96 valence electrons. The van der Waals surface area contributed by atoms with E-state index in [1.54, 1.807) is 0 Å². The van der Waals surface area contributed by atoms with Crippen LogP contribution in [0.5, 0.6) is 0 Å². The molecule has 1 aliphatic heterocycles. The molecule has 0 saturated carbocycles. The molecule has 0 radical (unpaired) electrons. The van der Waals surface area contributed by atoms with E-state index in [0.29, 0.717) is 13.2 Å². The number of aromatic nitrogens is 2. The Morgan fingerprint density at radius 2 is 2.47 bits per heavy atom. The van der Waals surface area contributed by atoms with E-state index in [-0.39, 0.29) is 6.10 Å². The molecule has 1 aromatic heterocycles. The zero-order valence-electron chi connectivity index (χ0n) is 10.2. The maximum atomic E-state index is 5.68. The highest BCUT2D eigenvalue weighted by molar-refractivity contribution is 9.10. The highest BCUT2D eigenvalue weighted by Gasteiger charge is 2.15. The van der Waals surface area contributed by atoms with Crippen LogP contribution in [0, 0.1) is 6.92 Å². The Kier molecular flexibility index (Phi) is 4.55. The maximum Gasteiger partial charge on any atom is 0.0933 e. The maximum absolute atomic E-state index is 5.68. The van der Waals surface area contributed by atoms with Gasteiger partial charge in [0.25, 0.3) is 0 Å². The van der Waals surface area contributed by atoms with Crippen LogP contribution in [0.15, 0.2) is 4.47 Å². The van der Waals surface area contributed by atoms with Crippen LogP contribution in [-0.4, -0.2) is 42.2 Å². The van der Waals surface area contributed by atoms with E-state index in [0.717, 1.165) is 35.6 Å². The van der Waals surface area contributed by atoms with Gasteiger partial charge in [-0.25, -0.2) is 0 Å². The van der Waals surface area contributed by atoms with E-state index >= 15 is 0 Å². The Labute approximate surface area is 110 Å². The quantitative estimate of drug-likeness (QED) is 0.901. The molecule has 17 heavy (non-hydrogen) atoms. The number of aryl methyl sites for hydroxylation is 2. The van der Waals surface area contributed by atoms with Crippen LogP contribution in [0.2, 0.25) is 0 Å². The summed E-state index contributed by atoms with van der Waals surface area (Å²) in [7, 11) is 1.93. The van der Waals surface area contributed by atoms with Crippen molar-refractivity contribution in [3.8, 4) is 0 Å². The number of halogens is 1. The van der Waals surface area contributed by atoms with Gasteiger partial charge in [0.15, 0.2) is 0 Å². The van der Waals surface area contributed by atoms with Crippen molar-refractivity contribution in [3.05, 3.63) is 15.9 Å². The van der Waals surface area contributed by atoms with Crippen molar-refractivity contribution in [3.63, 3.8) is 0 Å². The van der Waals surface area contributed by atoms with E-state index in [2.05, 4.69) is 26.3 Å². The van der Waals surface area contributed by atoms with Gasteiger partial charge in [-0.1, -0.05) is 0 Å². The Morgan fingerprint density at radius 1 is 1.65 bits per heavy atom. The van der Waals surface area contributed by atoms with Gasteiger partial charge in [0.05, 0.1) is 41.8 Å². The number of hydrogen-bond acceptors (Lipinski definition) is 4. The normalized spacial score (nSPS) is 20.8. The van der Waals surface area contributed by atoms with Crippen molar-refractivity contribution >= 4 is 15.9 Å². The molecule has 0 aromatic carbocycles. The monoisotopic (exact) mass is 303 g/mol. The molecular formula is C11H18BrN3O2. The van der Waals surface area contributed by atoms with Crippen molar-refractivity contribution < 1.29 is 9.47 Å². The molecule has 2 rings (SSSR count). The minimum Gasteiger partial charge on any atom is -0.373 e. The molecule has 1 N–H and O–H groups in total. The summed E-state index contributed by atoms with van der Waals surface area (Å²) in [6.45, 7) is 5.71. The zero-order valence-corrected chi connectivity index (χ0v) is 11.8. The fraction of sp³-hybridized carbons (Fsp3) is 0.727. The zero-order chi connectivity index (χ0) is 12.3. The average Bonchev–Trinajstić information content (AvgIpc) is 2.57. The van der Waals surface area contributed by atoms with Crippen LogP contribution >= 0.6 is 15.9 Å². The predicted molar refractivity (Wildman–Crippen MR) is 67.9 cm³/mol. The molecule has 6 heteroatoms. The van der Waals surface area contributed by atoms with Crippen molar-refractivity contribution in [2.75, 3.05) is 26.3 Å². The largest absolute Gasteiger partial charge is 0.373 e. The molecule has 2 heterocycles. The molecule has 0 aliphatic carbocycles. The van der Waals surface area contributed by atoms with Gasteiger partial charge >= 0.3 is 0 Å². The fourth-order valence-corrected chi connectivity index (χ4v) is 2.30. The van der Waals surface area contributed by atoms with Crippen LogP contribution in [0.25, 0.3) is 0 Å². The van der Waals surface area contributed by atoms with Crippen molar-refractivity contribution in [2.24, 2.45) is 7.05 Å². The van der Waals surface area contributed by atoms with Crippen LogP contribution < -0.4 is 5.32 Å². The summed E-state index contributed by atoms with van der Waals surface area (Å²) in [6.07, 6.45) is 0.164. The van der Waals surface area contributed by atoms with Gasteiger partial charge in [0.2, 0.25) is 0 Å².